The van der Waals surface area contributed by atoms with E-state index in [0.29, 0.717) is 13.0 Å². The minimum Gasteiger partial charge on any atom is -0.377 e. The molecule has 0 aliphatic rings. The summed E-state index contributed by atoms with van der Waals surface area (Å²) >= 11 is 0. The minimum absolute atomic E-state index is 0.300. The summed E-state index contributed by atoms with van der Waals surface area (Å²) < 4.78 is 15.1. The van der Waals surface area contributed by atoms with E-state index in [2.05, 4.69) is 56.8 Å². The van der Waals surface area contributed by atoms with Crippen molar-refractivity contribution in [2.24, 2.45) is 0 Å². The van der Waals surface area contributed by atoms with Crippen LogP contribution in [0.25, 0.3) is 21.8 Å². The summed E-state index contributed by atoms with van der Waals surface area (Å²) in [4.78, 5) is 4.19. The van der Waals surface area contributed by atoms with Crippen LogP contribution in [-0.2, 0) is 6.54 Å². The third kappa shape index (κ3) is 3.01. The van der Waals surface area contributed by atoms with Gasteiger partial charge in [0.15, 0.2) is 6.54 Å². The lowest BCUT2D eigenvalue weighted by Crippen LogP contribution is -2.36. The summed E-state index contributed by atoms with van der Waals surface area (Å²) in [5.74, 6) is 0. The number of hydrogen-bond acceptors (Lipinski definition) is 2. The highest BCUT2D eigenvalue weighted by atomic mass is 19.1. The lowest BCUT2D eigenvalue weighted by molar-refractivity contribution is -0.645. The Kier molecular flexibility index (Phi) is 4.56. The van der Waals surface area contributed by atoms with Gasteiger partial charge >= 0.3 is 0 Å². The summed E-state index contributed by atoms with van der Waals surface area (Å²) in [6.45, 7) is 0.379. The first-order valence-corrected chi connectivity index (χ1v) is 8.32. The number of aryl methyl sites for hydroxylation is 1. The molecule has 0 aliphatic heterocycles. The summed E-state index contributed by atoms with van der Waals surface area (Å²) in [6.07, 6.45) is 0.525. The number of fused-ring (bicyclic) bond motifs is 2. The van der Waals surface area contributed by atoms with Crippen molar-refractivity contribution in [2.45, 2.75) is 13.0 Å². The second kappa shape index (κ2) is 6.63. The highest BCUT2D eigenvalue weighted by Crippen LogP contribution is 2.25. The molecule has 126 valence electrons. The normalized spacial score (nSPS) is 11.2. The lowest BCUT2D eigenvalue weighted by atomic mass is 10.1. The van der Waals surface area contributed by atoms with Gasteiger partial charge in [0.05, 0.1) is 6.67 Å². The van der Waals surface area contributed by atoms with E-state index in [0.717, 1.165) is 22.4 Å². The van der Waals surface area contributed by atoms with E-state index in [1.807, 2.05) is 28.2 Å². The molecule has 24 heavy (non-hydrogen) atoms. The standard InChI is InChI=1S/C20H25FN3/c1-22(2)17-8-6-15-12-16-7-9-18(23(3)4)14-20(16)24(11-5-10-21)19(15)13-17/h6-9,12-14H,5,10-11H2,1-4H3/q+1. The Morgan fingerprint density at radius 1 is 0.792 bits per heavy atom. The Hall–Kier alpha value is -2.36. The molecule has 3 aromatic rings. The second-order valence-electron chi connectivity index (χ2n) is 6.61. The molecular formula is C20H25FN3+. The van der Waals surface area contributed by atoms with Crippen LogP contribution in [0.5, 0.6) is 0 Å². The van der Waals surface area contributed by atoms with Crippen molar-refractivity contribution >= 4 is 33.2 Å². The Morgan fingerprint density at radius 3 is 1.71 bits per heavy atom. The predicted molar refractivity (Wildman–Crippen MR) is 101 cm³/mol. The molecule has 0 N–H and O–H groups in total. The van der Waals surface area contributed by atoms with Crippen LogP contribution in [0.1, 0.15) is 6.42 Å². The Morgan fingerprint density at radius 2 is 1.29 bits per heavy atom. The van der Waals surface area contributed by atoms with E-state index in [1.165, 1.54) is 10.8 Å². The first-order valence-electron chi connectivity index (χ1n) is 8.32. The van der Waals surface area contributed by atoms with E-state index in [9.17, 15) is 4.39 Å². The number of rotatable bonds is 5. The first-order chi connectivity index (χ1) is 11.5. The Bertz CT molecular complexity index is 806. The van der Waals surface area contributed by atoms with Crippen molar-refractivity contribution in [3.8, 4) is 0 Å². The summed E-state index contributed by atoms with van der Waals surface area (Å²) in [5, 5.41) is 2.37. The molecule has 1 aromatic heterocycles. The van der Waals surface area contributed by atoms with E-state index in [4.69, 9.17) is 0 Å². The van der Waals surface area contributed by atoms with Gasteiger partial charge in [0.2, 0.25) is 11.0 Å². The van der Waals surface area contributed by atoms with Gasteiger partial charge in [-0.2, -0.15) is 4.57 Å². The van der Waals surface area contributed by atoms with Gasteiger partial charge in [0.1, 0.15) is 0 Å². The third-order valence-corrected chi connectivity index (χ3v) is 4.47. The molecule has 4 heteroatoms. The van der Waals surface area contributed by atoms with Crippen LogP contribution < -0.4 is 14.4 Å². The van der Waals surface area contributed by atoms with Gasteiger partial charge < -0.3 is 9.80 Å². The molecule has 0 amide bonds. The molecule has 3 rings (SSSR count). The molecule has 0 radical (unpaired) electrons. The number of anilines is 2. The second-order valence-corrected chi connectivity index (χ2v) is 6.61. The van der Waals surface area contributed by atoms with Crippen LogP contribution in [0, 0.1) is 0 Å². The zero-order chi connectivity index (χ0) is 17.3. The van der Waals surface area contributed by atoms with Gasteiger partial charge in [-0.25, -0.2) is 0 Å². The molecule has 0 aliphatic carbocycles. The van der Waals surface area contributed by atoms with Crippen LogP contribution in [-0.4, -0.2) is 34.9 Å². The fraction of sp³-hybridized carbons (Fsp3) is 0.350. The molecule has 0 atom stereocenters. The summed E-state index contributed by atoms with van der Waals surface area (Å²) in [7, 11) is 8.16. The monoisotopic (exact) mass is 326 g/mol. The highest BCUT2D eigenvalue weighted by Gasteiger charge is 2.17. The van der Waals surface area contributed by atoms with Crippen LogP contribution in [0.4, 0.5) is 15.8 Å². The molecule has 0 fully saturated rings. The van der Waals surface area contributed by atoms with Gasteiger partial charge in [-0.3, -0.25) is 4.39 Å². The number of alkyl halides is 1. The molecule has 0 saturated heterocycles. The van der Waals surface area contributed by atoms with Crippen molar-refractivity contribution in [3.05, 3.63) is 42.5 Å². The number of hydrogen-bond donors (Lipinski definition) is 0. The maximum atomic E-state index is 12.9. The first kappa shape index (κ1) is 16.5. The summed E-state index contributed by atoms with van der Waals surface area (Å²) in [5.41, 5.74) is 4.61. The Labute approximate surface area is 142 Å². The number of halogens is 1. The van der Waals surface area contributed by atoms with Gasteiger partial charge in [-0.05, 0) is 30.3 Å². The van der Waals surface area contributed by atoms with Crippen molar-refractivity contribution in [3.63, 3.8) is 0 Å². The van der Waals surface area contributed by atoms with Crippen LogP contribution in [0.3, 0.4) is 0 Å². The number of nitrogens with zero attached hydrogens (tertiary/aromatic N) is 3. The van der Waals surface area contributed by atoms with Gasteiger partial charge in [0, 0.05) is 68.9 Å². The van der Waals surface area contributed by atoms with Crippen molar-refractivity contribution in [2.75, 3.05) is 44.7 Å². The van der Waals surface area contributed by atoms with Crippen molar-refractivity contribution in [1.29, 1.82) is 0 Å². The predicted octanol–water partition coefficient (Wildman–Crippen LogP) is 3.77. The largest absolute Gasteiger partial charge is 0.377 e. The van der Waals surface area contributed by atoms with Crippen LogP contribution in [0.15, 0.2) is 42.5 Å². The molecular weight excluding hydrogens is 301 g/mol. The number of aromatic nitrogens is 1. The van der Waals surface area contributed by atoms with E-state index in [-0.39, 0.29) is 6.67 Å². The molecule has 0 bridgehead atoms. The molecule has 0 saturated carbocycles. The average molecular weight is 326 g/mol. The van der Waals surface area contributed by atoms with E-state index in [1.54, 1.807) is 0 Å². The van der Waals surface area contributed by atoms with Crippen LogP contribution in [0.2, 0.25) is 0 Å². The third-order valence-electron chi connectivity index (χ3n) is 4.47. The zero-order valence-corrected chi connectivity index (χ0v) is 14.9. The SMILES string of the molecule is CN(C)c1ccc2cc3ccc(N(C)C)cc3[n+](CCCF)c2c1. The van der Waals surface area contributed by atoms with Gasteiger partial charge in [-0.1, -0.05) is 0 Å². The fourth-order valence-corrected chi connectivity index (χ4v) is 3.09. The average Bonchev–Trinajstić information content (AvgIpc) is 2.57. The quantitative estimate of drug-likeness (QED) is 0.522. The molecule has 0 unspecified atom stereocenters. The molecule has 3 nitrogen and oxygen atoms in total. The topological polar surface area (TPSA) is 10.4 Å². The number of benzene rings is 2. The Balaban J connectivity index is 2.32. The maximum absolute atomic E-state index is 12.9. The smallest absolute Gasteiger partial charge is 0.215 e. The minimum atomic E-state index is -0.300. The highest BCUT2D eigenvalue weighted by molar-refractivity contribution is 5.91. The van der Waals surface area contributed by atoms with Crippen molar-refractivity contribution < 1.29 is 8.96 Å². The fourth-order valence-electron chi connectivity index (χ4n) is 3.09. The van der Waals surface area contributed by atoms with E-state index < -0.39 is 0 Å². The van der Waals surface area contributed by atoms with Gasteiger partial charge in [-0.15, -0.1) is 0 Å². The van der Waals surface area contributed by atoms with Gasteiger partial charge in [0.25, 0.3) is 0 Å². The molecule has 0 spiro atoms. The zero-order valence-electron chi connectivity index (χ0n) is 14.9. The van der Waals surface area contributed by atoms with Crippen molar-refractivity contribution in [1.82, 2.24) is 0 Å². The lowest BCUT2D eigenvalue weighted by Gasteiger charge is -2.15. The molecule has 1 heterocycles. The van der Waals surface area contributed by atoms with Crippen LogP contribution >= 0.6 is 0 Å². The van der Waals surface area contributed by atoms with E-state index >= 15 is 0 Å². The number of pyridine rings is 1. The summed E-state index contributed by atoms with van der Waals surface area (Å²) in [6, 6.07) is 15.1. The molecule has 2 aromatic carbocycles. The maximum Gasteiger partial charge on any atom is 0.215 e.